The molecule has 0 aromatic heterocycles. The maximum Gasteiger partial charge on any atom is 0.339 e. The molecule has 0 fully saturated rings. The van der Waals surface area contributed by atoms with E-state index < -0.39 is 11.9 Å². The maximum atomic E-state index is 11.7. The minimum Gasteiger partial charge on any atom is -0.483 e. The van der Waals surface area contributed by atoms with Gasteiger partial charge in [-0.2, -0.15) is 0 Å². The highest BCUT2D eigenvalue weighted by Crippen LogP contribution is 2.12. The predicted octanol–water partition coefficient (Wildman–Crippen LogP) is 2.07. The molecule has 1 N–H and O–H groups in total. The Kier molecular flexibility index (Phi) is 9.47. The number of hydrogen-bond donors (Lipinski definition) is 1. The molecule has 6 nitrogen and oxygen atoms in total. The van der Waals surface area contributed by atoms with Crippen molar-refractivity contribution in [3.05, 3.63) is 60.7 Å². The largest absolute Gasteiger partial charge is 0.483 e. The summed E-state index contributed by atoms with van der Waals surface area (Å²) in [4.78, 5) is 31.8. The lowest BCUT2D eigenvalue weighted by atomic mass is 10.1. The third-order valence-electron chi connectivity index (χ3n) is 2.03. The van der Waals surface area contributed by atoms with Gasteiger partial charge in [-0.15, -0.1) is 0 Å². The van der Waals surface area contributed by atoms with Crippen LogP contribution in [0.4, 0.5) is 0 Å². The number of rotatable bonds is 6. The summed E-state index contributed by atoms with van der Waals surface area (Å²) in [6.45, 7) is 6.82. The van der Waals surface area contributed by atoms with Crippen LogP contribution in [0.5, 0.6) is 0 Å². The molecule has 21 heavy (non-hydrogen) atoms. The predicted molar refractivity (Wildman–Crippen MR) is 76.1 cm³/mol. The lowest BCUT2D eigenvalue weighted by molar-refractivity contribution is -0.122. The number of esters is 2. The van der Waals surface area contributed by atoms with Crippen LogP contribution in [0.25, 0.3) is 0 Å². The first-order valence-electron chi connectivity index (χ1n) is 5.85. The second-order valence-corrected chi connectivity index (χ2v) is 3.43. The van der Waals surface area contributed by atoms with E-state index in [1.54, 1.807) is 12.1 Å². The van der Waals surface area contributed by atoms with Crippen LogP contribution in [-0.4, -0.2) is 36.7 Å². The van der Waals surface area contributed by atoms with E-state index in [4.69, 9.17) is 19.4 Å². The highest BCUT2D eigenvalue weighted by Gasteiger charge is 2.18. The topological polar surface area (TPSA) is 89.9 Å². The van der Waals surface area contributed by atoms with Crippen molar-refractivity contribution < 1.29 is 29.0 Å². The molecular formula is C15H16O6. The van der Waals surface area contributed by atoms with E-state index in [2.05, 4.69) is 13.2 Å². The molecule has 0 unspecified atom stereocenters. The second-order valence-electron chi connectivity index (χ2n) is 3.43. The van der Waals surface area contributed by atoms with Crippen LogP contribution >= 0.6 is 0 Å². The third kappa shape index (κ3) is 6.72. The smallest absolute Gasteiger partial charge is 0.339 e. The molecule has 0 saturated heterocycles. The van der Waals surface area contributed by atoms with E-state index in [0.29, 0.717) is 0 Å². The van der Waals surface area contributed by atoms with Crippen LogP contribution in [0.3, 0.4) is 0 Å². The first kappa shape index (κ1) is 18.1. The van der Waals surface area contributed by atoms with Crippen molar-refractivity contribution in [1.82, 2.24) is 0 Å². The van der Waals surface area contributed by atoms with Crippen LogP contribution < -0.4 is 0 Å². The van der Waals surface area contributed by atoms with Crippen molar-refractivity contribution in [3.8, 4) is 0 Å². The molecule has 1 aromatic carbocycles. The van der Waals surface area contributed by atoms with Crippen LogP contribution in [0.1, 0.15) is 20.7 Å². The molecule has 0 atom stereocenters. The van der Waals surface area contributed by atoms with Crippen LogP contribution in [0.2, 0.25) is 0 Å². The quantitative estimate of drug-likeness (QED) is 0.490. The van der Waals surface area contributed by atoms with Gasteiger partial charge in [0.05, 0.1) is 11.1 Å². The van der Waals surface area contributed by atoms with Crippen LogP contribution in [0.15, 0.2) is 49.6 Å². The van der Waals surface area contributed by atoms with Gasteiger partial charge in [-0.1, -0.05) is 37.4 Å². The van der Waals surface area contributed by atoms with Gasteiger partial charge in [0.1, 0.15) is 13.2 Å². The monoisotopic (exact) mass is 292 g/mol. The average Bonchev–Trinajstić information content (AvgIpc) is 2.51. The Morgan fingerprint density at radius 3 is 1.62 bits per heavy atom. The van der Waals surface area contributed by atoms with E-state index in [1.165, 1.54) is 24.3 Å². The lowest BCUT2D eigenvalue weighted by Gasteiger charge is -2.07. The summed E-state index contributed by atoms with van der Waals surface area (Å²) >= 11 is 0. The van der Waals surface area contributed by atoms with Crippen molar-refractivity contribution in [2.24, 2.45) is 0 Å². The second kappa shape index (κ2) is 11.0. The Bertz CT molecular complexity index is 464. The van der Waals surface area contributed by atoms with Crippen molar-refractivity contribution >= 4 is 18.4 Å². The van der Waals surface area contributed by atoms with E-state index in [9.17, 15) is 9.59 Å². The lowest BCUT2D eigenvalue weighted by Crippen LogP contribution is -2.14. The van der Waals surface area contributed by atoms with E-state index in [0.717, 1.165) is 0 Å². The van der Waals surface area contributed by atoms with Crippen molar-refractivity contribution in [1.29, 1.82) is 0 Å². The third-order valence-corrected chi connectivity index (χ3v) is 2.03. The van der Waals surface area contributed by atoms with E-state index in [-0.39, 0.29) is 30.8 Å². The summed E-state index contributed by atoms with van der Waals surface area (Å²) in [6.07, 6.45) is 2.91. The molecule has 0 aliphatic heterocycles. The van der Waals surface area contributed by atoms with Gasteiger partial charge in [0.2, 0.25) is 0 Å². The zero-order valence-electron chi connectivity index (χ0n) is 11.4. The summed E-state index contributed by atoms with van der Waals surface area (Å²) < 4.78 is 9.78. The summed E-state index contributed by atoms with van der Waals surface area (Å²) in [5, 5.41) is 6.89. The number of carbonyl (C=O) groups is 3. The Labute approximate surface area is 122 Å². The fraction of sp³-hybridized carbons (Fsp3) is 0.133. The standard InChI is InChI=1S/C14H14O4.CH2O2/c1-3-9-17-13(15)11-7-5-6-8-12(11)14(16)18-10-4-2;2-1-3/h3-8H,1-2,9-10H2;1H,(H,2,3). The van der Waals surface area contributed by atoms with Gasteiger partial charge < -0.3 is 14.6 Å². The molecule has 0 radical (unpaired) electrons. The number of hydrogen-bond acceptors (Lipinski definition) is 5. The first-order chi connectivity index (χ1) is 10.1. The Morgan fingerprint density at radius 2 is 1.33 bits per heavy atom. The summed E-state index contributed by atoms with van der Waals surface area (Å²) in [7, 11) is 0. The Morgan fingerprint density at radius 1 is 1.00 bits per heavy atom. The zero-order valence-corrected chi connectivity index (χ0v) is 11.4. The maximum absolute atomic E-state index is 11.7. The molecule has 1 aromatic rings. The Balaban J connectivity index is 0.00000122. The first-order valence-corrected chi connectivity index (χ1v) is 5.85. The fourth-order valence-electron chi connectivity index (χ4n) is 1.26. The minimum atomic E-state index is -0.582. The average molecular weight is 292 g/mol. The molecule has 0 amide bonds. The Hall–Kier alpha value is -2.89. The number of benzene rings is 1. The SMILES string of the molecule is C=CCOC(=O)c1ccccc1C(=O)OCC=C.O=CO. The van der Waals surface area contributed by atoms with Gasteiger partial charge in [0.15, 0.2) is 0 Å². The molecule has 0 spiro atoms. The van der Waals surface area contributed by atoms with Gasteiger partial charge in [-0.3, -0.25) is 4.79 Å². The molecule has 0 heterocycles. The van der Waals surface area contributed by atoms with Crippen molar-refractivity contribution in [2.75, 3.05) is 13.2 Å². The summed E-state index contributed by atoms with van der Waals surface area (Å²) in [5.41, 5.74) is 0.349. The molecular weight excluding hydrogens is 276 g/mol. The fourth-order valence-corrected chi connectivity index (χ4v) is 1.26. The molecule has 0 aliphatic rings. The highest BCUT2D eigenvalue weighted by molar-refractivity contribution is 6.03. The molecule has 0 aliphatic carbocycles. The molecule has 0 bridgehead atoms. The normalized spacial score (nSPS) is 8.57. The van der Waals surface area contributed by atoms with Gasteiger partial charge >= 0.3 is 11.9 Å². The van der Waals surface area contributed by atoms with Gasteiger partial charge in [0.25, 0.3) is 6.47 Å². The number of ether oxygens (including phenoxy) is 2. The van der Waals surface area contributed by atoms with Crippen LogP contribution in [0, 0.1) is 0 Å². The van der Waals surface area contributed by atoms with E-state index in [1.807, 2.05) is 0 Å². The molecule has 6 heteroatoms. The van der Waals surface area contributed by atoms with Crippen molar-refractivity contribution in [3.63, 3.8) is 0 Å². The number of carbonyl (C=O) groups excluding carboxylic acids is 2. The minimum absolute atomic E-state index is 0.0921. The molecule has 112 valence electrons. The zero-order chi connectivity index (χ0) is 16.1. The van der Waals surface area contributed by atoms with Gasteiger partial charge in [0, 0.05) is 0 Å². The highest BCUT2D eigenvalue weighted by atomic mass is 16.5. The molecule has 1 rings (SSSR count). The van der Waals surface area contributed by atoms with Crippen molar-refractivity contribution in [2.45, 2.75) is 0 Å². The summed E-state index contributed by atoms with van der Waals surface area (Å²) in [6, 6.07) is 6.31. The number of carboxylic acid groups (broad SMARTS) is 1. The van der Waals surface area contributed by atoms with Crippen LogP contribution in [-0.2, 0) is 14.3 Å². The summed E-state index contributed by atoms with van der Waals surface area (Å²) in [5.74, 6) is -1.16. The van der Waals surface area contributed by atoms with Gasteiger partial charge in [-0.05, 0) is 12.1 Å². The van der Waals surface area contributed by atoms with E-state index >= 15 is 0 Å². The molecule has 0 saturated carbocycles. The van der Waals surface area contributed by atoms with Gasteiger partial charge in [-0.25, -0.2) is 9.59 Å².